The zero-order valence-electron chi connectivity index (χ0n) is 9.42. The van der Waals surface area contributed by atoms with Gasteiger partial charge in [-0.1, -0.05) is 20.3 Å². The lowest BCUT2D eigenvalue weighted by Crippen LogP contribution is -2.49. The maximum Gasteiger partial charge on any atom is 0.0841 e. The molecule has 0 saturated carbocycles. The Morgan fingerprint density at radius 3 is 2.38 bits per heavy atom. The number of nitrogens with zero attached hydrogens (tertiary/aromatic N) is 1. The Balaban J connectivity index is 4.48. The third-order valence-electron chi connectivity index (χ3n) is 2.72. The van der Waals surface area contributed by atoms with Crippen molar-refractivity contribution >= 4 is 6.72 Å². The van der Waals surface area contributed by atoms with Crippen molar-refractivity contribution in [2.75, 3.05) is 7.11 Å². The smallest absolute Gasteiger partial charge is 0.0841 e. The summed E-state index contributed by atoms with van der Waals surface area (Å²) in [4.78, 5) is 0. The molecule has 3 nitrogen and oxygen atoms in total. The van der Waals surface area contributed by atoms with Crippen LogP contribution in [-0.2, 0) is 4.74 Å². The second-order valence-corrected chi connectivity index (χ2v) is 3.96. The highest BCUT2D eigenvalue weighted by Crippen LogP contribution is 2.22. The summed E-state index contributed by atoms with van der Waals surface area (Å²) in [6.07, 6.45) is 1.10. The van der Waals surface area contributed by atoms with Gasteiger partial charge in [0.05, 0.1) is 11.6 Å². The van der Waals surface area contributed by atoms with E-state index in [1.54, 1.807) is 7.11 Å². The summed E-state index contributed by atoms with van der Waals surface area (Å²) in [5.74, 6) is 0.514. The Kier molecular flexibility index (Phi) is 4.99. The number of ether oxygens (including phenoxy) is 1. The maximum absolute atomic E-state index is 5.43. The predicted octanol–water partition coefficient (Wildman–Crippen LogP) is 2.03. The van der Waals surface area contributed by atoms with Crippen LogP contribution in [0.25, 0.3) is 0 Å². The molecule has 0 aromatic carbocycles. The molecule has 0 aliphatic rings. The van der Waals surface area contributed by atoms with Gasteiger partial charge in [0.15, 0.2) is 0 Å². The molecular weight excluding hydrogens is 164 g/mol. The van der Waals surface area contributed by atoms with Gasteiger partial charge >= 0.3 is 0 Å². The van der Waals surface area contributed by atoms with E-state index in [-0.39, 0.29) is 11.6 Å². The quantitative estimate of drug-likeness (QED) is 0.508. The Morgan fingerprint density at radius 1 is 1.54 bits per heavy atom. The fourth-order valence-corrected chi connectivity index (χ4v) is 1.43. The normalized spacial score (nSPS) is 16.4. The summed E-state index contributed by atoms with van der Waals surface area (Å²) < 4.78 is 5.43. The van der Waals surface area contributed by atoms with E-state index in [4.69, 9.17) is 4.74 Å². The Hall–Kier alpha value is -0.570. The van der Waals surface area contributed by atoms with Crippen LogP contribution in [-0.4, -0.2) is 25.5 Å². The van der Waals surface area contributed by atoms with E-state index < -0.39 is 0 Å². The largest absolute Gasteiger partial charge is 0.377 e. The van der Waals surface area contributed by atoms with Gasteiger partial charge in [0.2, 0.25) is 0 Å². The number of hydrogen-bond acceptors (Lipinski definition) is 3. The molecule has 0 saturated heterocycles. The zero-order chi connectivity index (χ0) is 10.5. The van der Waals surface area contributed by atoms with E-state index in [0.717, 1.165) is 6.42 Å². The summed E-state index contributed by atoms with van der Waals surface area (Å²) in [6, 6.07) is 0.208. The lowest BCUT2D eigenvalue weighted by molar-refractivity contribution is -0.0257. The molecule has 2 unspecified atom stereocenters. The second-order valence-electron chi connectivity index (χ2n) is 3.96. The number of hydrazone groups is 1. The van der Waals surface area contributed by atoms with Crippen molar-refractivity contribution in [2.24, 2.45) is 11.0 Å². The molecule has 0 heterocycles. The van der Waals surface area contributed by atoms with Gasteiger partial charge in [-0.05, 0) is 19.8 Å². The van der Waals surface area contributed by atoms with Crippen LogP contribution >= 0.6 is 0 Å². The molecule has 0 aliphatic heterocycles. The molecule has 0 spiro atoms. The van der Waals surface area contributed by atoms with Crippen LogP contribution in [0, 0.1) is 5.92 Å². The van der Waals surface area contributed by atoms with Crippen molar-refractivity contribution in [3.05, 3.63) is 0 Å². The lowest BCUT2D eigenvalue weighted by Gasteiger charge is -2.36. The van der Waals surface area contributed by atoms with Gasteiger partial charge in [0, 0.05) is 13.8 Å². The highest BCUT2D eigenvalue weighted by Gasteiger charge is 2.32. The molecule has 13 heavy (non-hydrogen) atoms. The number of nitrogens with one attached hydrogen (secondary N) is 1. The van der Waals surface area contributed by atoms with Crippen LogP contribution in [0.1, 0.15) is 34.1 Å². The van der Waals surface area contributed by atoms with Crippen molar-refractivity contribution in [3.8, 4) is 0 Å². The van der Waals surface area contributed by atoms with E-state index >= 15 is 0 Å². The number of rotatable bonds is 6. The summed E-state index contributed by atoms with van der Waals surface area (Å²) >= 11 is 0. The van der Waals surface area contributed by atoms with Gasteiger partial charge in [-0.25, -0.2) is 0 Å². The molecule has 0 rings (SSSR count). The summed E-state index contributed by atoms with van der Waals surface area (Å²) in [6.45, 7) is 11.9. The maximum atomic E-state index is 5.43. The highest BCUT2D eigenvalue weighted by atomic mass is 16.5. The predicted molar refractivity (Wildman–Crippen MR) is 57.0 cm³/mol. The van der Waals surface area contributed by atoms with E-state index in [0.29, 0.717) is 5.92 Å². The summed E-state index contributed by atoms with van der Waals surface area (Å²) in [5, 5.41) is 3.74. The Morgan fingerprint density at radius 2 is 2.08 bits per heavy atom. The highest BCUT2D eigenvalue weighted by molar-refractivity contribution is 5.22. The SMILES string of the molecule is C=NNC(C(C)CC)C(C)(C)OC. The molecule has 0 aromatic rings. The van der Waals surface area contributed by atoms with Gasteiger partial charge < -0.3 is 10.2 Å². The average Bonchev–Trinajstić information content (AvgIpc) is 2.12. The molecule has 2 atom stereocenters. The molecule has 0 fully saturated rings. The molecular formula is C10H22N2O. The van der Waals surface area contributed by atoms with Gasteiger partial charge in [0.25, 0.3) is 0 Å². The fourth-order valence-electron chi connectivity index (χ4n) is 1.43. The monoisotopic (exact) mass is 186 g/mol. The first-order chi connectivity index (χ1) is 5.99. The molecule has 0 aromatic heterocycles. The van der Waals surface area contributed by atoms with Gasteiger partial charge in [-0.3, -0.25) is 0 Å². The number of methoxy groups -OCH3 is 1. The fraction of sp³-hybridized carbons (Fsp3) is 0.900. The first kappa shape index (κ1) is 12.4. The van der Waals surface area contributed by atoms with E-state index in [9.17, 15) is 0 Å². The molecule has 0 amide bonds. The van der Waals surface area contributed by atoms with Crippen molar-refractivity contribution in [2.45, 2.75) is 45.8 Å². The van der Waals surface area contributed by atoms with Crippen molar-refractivity contribution in [1.82, 2.24) is 5.43 Å². The molecule has 1 N–H and O–H groups in total. The van der Waals surface area contributed by atoms with E-state index in [2.05, 4.69) is 44.9 Å². The van der Waals surface area contributed by atoms with Crippen LogP contribution in [0.15, 0.2) is 5.10 Å². The standard InChI is InChI=1S/C10H22N2O/c1-7-8(2)9(12-11-5)10(3,4)13-6/h8-9,12H,5,7H2,1-4,6H3. The molecule has 0 bridgehead atoms. The van der Waals surface area contributed by atoms with Gasteiger partial charge in [-0.2, -0.15) is 5.10 Å². The van der Waals surface area contributed by atoms with Crippen LogP contribution in [0.3, 0.4) is 0 Å². The van der Waals surface area contributed by atoms with Crippen LogP contribution in [0.4, 0.5) is 0 Å². The Bertz CT molecular complexity index is 157. The second kappa shape index (κ2) is 5.22. The third kappa shape index (κ3) is 3.35. The third-order valence-corrected chi connectivity index (χ3v) is 2.72. The van der Waals surface area contributed by atoms with Crippen LogP contribution in [0.5, 0.6) is 0 Å². The van der Waals surface area contributed by atoms with Crippen molar-refractivity contribution < 1.29 is 4.74 Å². The van der Waals surface area contributed by atoms with Crippen molar-refractivity contribution in [1.29, 1.82) is 0 Å². The molecule has 3 heteroatoms. The minimum absolute atomic E-state index is 0.208. The minimum atomic E-state index is -0.212. The van der Waals surface area contributed by atoms with Gasteiger partial charge in [0.1, 0.15) is 0 Å². The molecule has 0 aliphatic carbocycles. The first-order valence-electron chi connectivity index (χ1n) is 4.76. The first-order valence-corrected chi connectivity index (χ1v) is 4.76. The topological polar surface area (TPSA) is 33.6 Å². The summed E-state index contributed by atoms with van der Waals surface area (Å²) in [5.41, 5.74) is 2.80. The zero-order valence-corrected chi connectivity index (χ0v) is 9.42. The molecule has 78 valence electrons. The lowest BCUT2D eigenvalue weighted by atomic mass is 9.87. The van der Waals surface area contributed by atoms with Crippen molar-refractivity contribution in [3.63, 3.8) is 0 Å². The Labute approximate surface area is 81.6 Å². The minimum Gasteiger partial charge on any atom is -0.377 e. The van der Waals surface area contributed by atoms with Gasteiger partial charge in [-0.15, -0.1) is 0 Å². The van der Waals surface area contributed by atoms with Crippen LogP contribution < -0.4 is 5.43 Å². The van der Waals surface area contributed by atoms with Crippen LogP contribution in [0.2, 0.25) is 0 Å². The van der Waals surface area contributed by atoms with E-state index in [1.807, 2.05) is 0 Å². The molecule has 0 radical (unpaired) electrons. The van der Waals surface area contributed by atoms with E-state index in [1.165, 1.54) is 0 Å². The number of hydrogen-bond donors (Lipinski definition) is 1. The summed E-state index contributed by atoms with van der Waals surface area (Å²) in [7, 11) is 1.72. The average molecular weight is 186 g/mol.